The van der Waals surface area contributed by atoms with Gasteiger partial charge in [0, 0.05) is 17.9 Å². The number of hydrogen-bond acceptors (Lipinski definition) is 5. The van der Waals surface area contributed by atoms with Gasteiger partial charge < -0.3 is 10.5 Å². The van der Waals surface area contributed by atoms with Crippen molar-refractivity contribution in [2.45, 2.75) is 24.9 Å². The summed E-state index contributed by atoms with van der Waals surface area (Å²) in [4.78, 5) is 35.8. The molecule has 1 aromatic carbocycles. The summed E-state index contributed by atoms with van der Waals surface area (Å²) >= 11 is 1.39. The third-order valence-corrected chi connectivity index (χ3v) is 4.88. The minimum atomic E-state index is -0.903. The number of carbonyl (C=O) groups excluding carboxylic acids is 3. The molecule has 0 saturated carbocycles. The third-order valence-electron chi connectivity index (χ3n) is 3.95. The highest BCUT2D eigenvalue weighted by Crippen LogP contribution is 2.33. The second-order valence-corrected chi connectivity index (χ2v) is 6.54. The van der Waals surface area contributed by atoms with Gasteiger partial charge in [-0.15, -0.1) is 0 Å². The van der Waals surface area contributed by atoms with Gasteiger partial charge in [-0.25, -0.2) is 4.79 Å². The SMILES string of the molecule is NC(=O)[C@H]1CN(c2ccc(C3CCSC(=O)C3)cc2)C(=O)O1. The van der Waals surface area contributed by atoms with Crippen molar-refractivity contribution in [3.05, 3.63) is 29.8 Å². The van der Waals surface area contributed by atoms with E-state index in [-0.39, 0.29) is 17.6 Å². The fourth-order valence-corrected chi connectivity index (χ4v) is 3.66. The van der Waals surface area contributed by atoms with E-state index in [1.807, 2.05) is 24.3 Å². The van der Waals surface area contributed by atoms with Crippen molar-refractivity contribution >= 4 is 34.6 Å². The summed E-state index contributed by atoms with van der Waals surface area (Å²) in [6.07, 6.45) is 0.0612. The van der Waals surface area contributed by atoms with Crippen LogP contribution in [0.3, 0.4) is 0 Å². The quantitative estimate of drug-likeness (QED) is 0.914. The number of benzene rings is 1. The first-order valence-electron chi connectivity index (χ1n) is 7.07. The Balaban J connectivity index is 1.73. The van der Waals surface area contributed by atoms with Crippen LogP contribution in [-0.2, 0) is 14.3 Å². The van der Waals surface area contributed by atoms with E-state index >= 15 is 0 Å². The highest BCUT2D eigenvalue weighted by atomic mass is 32.2. The fourth-order valence-electron chi connectivity index (χ4n) is 2.71. The number of cyclic esters (lactones) is 1. The molecule has 0 aromatic heterocycles. The maximum Gasteiger partial charge on any atom is 0.415 e. The summed E-state index contributed by atoms with van der Waals surface area (Å²) in [5.41, 5.74) is 6.91. The van der Waals surface area contributed by atoms with Crippen LogP contribution in [0.15, 0.2) is 24.3 Å². The van der Waals surface area contributed by atoms with Crippen LogP contribution in [0, 0.1) is 0 Å². The summed E-state index contributed by atoms with van der Waals surface area (Å²) < 4.78 is 4.92. The summed E-state index contributed by atoms with van der Waals surface area (Å²) in [5, 5.41) is 0.229. The number of thioether (sulfide) groups is 1. The summed E-state index contributed by atoms with van der Waals surface area (Å²) in [7, 11) is 0. The maximum absolute atomic E-state index is 11.8. The zero-order valence-electron chi connectivity index (χ0n) is 11.9. The number of ether oxygens (including phenoxy) is 1. The summed E-state index contributed by atoms with van der Waals surface area (Å²) in [6, 6.07) is 7.47. The normalized spacial score (nSPS) is 25.2. The van der Waals surface area contributed by atoms with Crippen molar-refractivity contribution in [2.24, 2.45) is 5.73 Å². The van der Waals surface area contributed by atoms with Gasteiger partial charge in [0.1, 0.15) is 0 Å². The Morgan fingerprint density at radius 2 is 2.00 bits per heavy atom. The fraction of sp³-hybridized carbons (Fsp3) is 0.400. The number of nitrogens with zero attached hydrogens (tertiary/aromatic N) is 1. The smallest absolute Gasteiger partial charge is 0.415 e. The van der Waals surface area contributed by atoms with Crippen LogP contribution in [0.5, 0.6) is 0 Å². The molecule has 2 atom stereocenters. The van der Waals surface area contributed by atoms with Gasteiger partial charge in [-0.1, -0.05) is 23.9 Å². The van der Waals surface area contributed by atoms with Gasteiger partial charge in [-0.2, -0.15) is 0 Å². The molecule has 2 amide bonds. The molecule has 2 heterocycles. The van der Waals surface area contributed by atoms with Gasteiger partial charge in [-0.05, 0) is 30.0 Å². The van der Waals surface area contributed by atoms with Crippen LogP contribution < -0.4 is 10.6 Å². The summed E-state index contributed by atoms with van der Waals surface area (Å²) in [5.74, 6) is 0.446. The van der Waals surface area contributed by atoms with Gasteiger partial charge >= 0.3 is 6.09 Å². The number of anilines is 1. The number of primary amides is 1. The van der Waals surface area contributed by atoms with Crippen molar-refractivity contribution in [1.29, 1.82) is 0 Å². The Bertz CT molecular complexity index is 616. The Hall–Kier alpha value is -2.02. The van der Waals surface area contributed by atoms with Crippen LogP contribution in [0.4, 0.5) is 10.5 Å². The van der Waals surface area contributed by atoms with Crippen LogP contribution >= 0.6 is 11.8 Å². The van der Waals surface area contributed by atoms with E-state index in [2.05, 4.69) is 0 Å². The summed E-state index contributed by atoms with van der Waals surface area (Å²) in [6.45, 7) is 0.131. The Morgan fingerprint density at radius 1 is 1.27 bits per heavy atom. The third kappa shape index (κ3) is 2.94. The molecule has 0 spiro atoms. The van der Waals surface area contributed by atoms with E-state index in [0.717, 1.165) is 17.7 Å². The molecule has 2 fully saturated rings. The van der Waals surface area contributed by atoms with Crippen molar-refractivity contribution < 1.29 is 19.1 Å². The first-order chi connectivity index (χ1) is 10.5. The molecule has 7 heteroatoms. The molecule has 22 heavy (non-hydrogen) atoms. The van der Waals surface area contributed by atoms with Gasteiger partial charge in [-0.3, -0.25) is 14.5 Å². The maximum atomic E-state index is 11.8. The van der Waals surface area contributed by atoms with Gasteiger partial charge in [0.15, 0.2) is 11.2 Å². The largest absolute Gasteiger partial charge is 0.434 e. The molecular weight excluding hydrogens is 304 g/mol. The van der Waals surface area contributed by atoms with E-state index in [1.165, 1.54) is 16.7 Å². The average molecular weight is 320 g/mol. The Morgan fingerprint density at radius 3 is 2.59 bits per heavy atom. The lowest BCUT2D eigenvalue weighted by Crippen LogP contribution is -2.32. The van der Waals surface area contributed by atoms with Crippen LogP contribution in [0.2, 0.25) is 0 Å². The van der Waals surface area contributed by atoms with Crippen LogP contribution in [-0.4, -0.2) is 35.5 Å². The minimum absolute atomic E-state index is 0.131. The molecule has 3 rings (SSSR count). The van der Waals surface area contributed by atoms with Gasteiger partial charge in [0.05, 0.1) is 6.54 Å². The number of hydrogen-bond donors (Lipinski definition) is 1. The molecule has 1 aromatic rings. The molecule has 2 aliphatic rings. The molecule has 1 unspecified atom stereocenters. The molecule has 2 N–H and O–H groups in total. The standard InChI is InChI=1S/C15H16N2O4S/c16-14(19)12-8-17(15(20)21-12)11-3-1-9(2-4-11)10-5-6-22-13(18)7-10/h1-4,10,12H,5-8H2,(H2,16,19)/t10?,12-/m1/s1. The van der Waals surface area contributed by atoms with E-state index in [1.54, 1.807) is 0 Å². The van der Waals surface area contributed by atoms with Crippen LogP contribution in [0.25, 0.3) is 0 Å². The molecular formula is C15H16N2O4S. The van der Waals surface area contributed by atoms with Crippen molar-refractivity contribution in [2.75, 3.05) is 17.2 Å². The zero-order valence-corrected chi connectivity index (χ0v) is 12.7. The Kier molecular flexibility index (Phi) is 4.06. The Labute approximate surface area is 132 Å². The van der Waals surface area contributed by atoms with Gasteiger partial charge in [0.25, 0.3) is 5.91 Å². The molecule has 2 aliphatic heterocycles. The van der Waals surface area contributed by atoms with Crippen molar-refractivity contribution in [3.8, 4) is 0 Å². The second kappa shape index (κ2) is 6.00. The lowest BCUT2D eigenvalue weighted by Gasteiger charge is -2.21. The molecule has 6 nitrogen and oxygen atoms in total. The monoisotopic (exact) mass is 320 g/mol. The van der Waals surface area contributed by atoms with Gasteiger partial charge in [0.2, 0.25) is 0 Å². The number of carbonyl (C=O) groups is 3. The van der Waals surface area contributed by atoms with E-state index in [4.69, 9.17) is 10.5 Å². The molecule has 0 aliphatic carbocycles. The average Bonchev–Trinajstić information content (AvgIpc) is 2.90. The predicted octanol–water partition coefficient (Wildman–Crippen LogP) is 1.63. The topological polar surface area (TPSA) is 89.7 Å². The van der Waals surface area contributed by atoms with Crippen molar-refractivity contribution in [3.63, 3.8) is 0 Å². The van der Waals surface area contributed by atoms with E-state index in [9.17, 15) is 14.4 Å². The molecule has 2 saturated heterocycles. The lowest BCUT2D eigenvalue weighted by atomic mass is 9.93. The second-order valence-electron chi connectivity index (χ2n) is 5.39. The molecule has 0 bridgehead atoms. The first-order valence-corrected chi connectivity index (χ1v) is 8.06. The zero-order chi connectivity index (χ0) is 15.7. The lowest BCUT2D eigenvalue weighted by molar-refractivity contribution is -0.124. The van der Waals surface area contributed by atoms with Crippen LogP contribution in [0.1, 0.15) is 24.3 Å². The highest BCUT2D eigenvalue weighted by molar-refractivity contribution is 8.13. The predicted molar refractivity (Wildman–Crippen MR) is 82.7 cm³/mol. The van der Waals surface area contributed by atoms with E-state index < -0.39 is 18.1 Å². The van der Waals surface area contributed by atoms with E-state index in [0.29, 0.717) is 12.1 Å². The molecule has 0 radical (unpaired) electrons. The number of nitrogens with two attached hydrogens (primary N) is 1. The number of amides is 2. The first kappa shape index (κ1) is 14.9. The van der Waals surface area contributed by atoms with Crippen molar-refractivity contribution in [1.82, 2.24) is 0 Å². The molecule has 116 valence electrons. The highest BCUT2D eigenvalue weighted by Gasteiger charge is 2.35. The number of rotatable bonds is 3. The minimum Gasteiger partial charge on any atom is -0.434 e.